The van der Waals surface area contributed by atoms with Crippen molar-refractivity contribution in [3.63, 3.8) is 0 Å². The molecule has 0 atom stereocenters. The SMILES string of the molecule is CCN(CC)c1ccc(NC2=NCCCS2)cc1. The van der Waals surface area contributed by atoms with E-state index in [1.807, 2.05) is 0 Å². The summed E-state index contributed by atoms with van der Waals surface area (Å²) in [7, 11) is 0. The molecule has 0 fully saturated rings. The van der Waals surface area contributed by atoms with Gasteiger partial charge in [0.1, 0.15) is 0 Å². The lowest BCUT2D eigenvalue weighted by atomic mass is 10.2. The number of anilines is 2. The van der Waals surface area contributed by atoms with Gasteiger partial charge in [-0.3, -0.25) is 4.99 Å². The Balaban J connectivity index is 2.01. The maximum Gasteiger partial charge on any atom is 0.161 e. The van der Waals surface area contributed by atoms with Crippen molar-refractivity contribution < 1.29 is 0 Å². The molecule has 1 aromatic rings. The number of thioether (sulfide) groups is 1. The zero-order valence-corrected chi connectivity index (χ0v) is 12.0. The second-order valence-corrected chi connectivity index (χ2v) is 5.32. The van der Waals surface area contributed by atoms with Crippen LogP contribution in [0, 0.1) is 0 Å². The number of nitrogens with one attached hydrogen (secondary N) is 1. The predicted molar refractivity (Wildman–Crippen MR) is 83.0 cm³/mol. The summed E-state index contributed by atoms with van der Waals surface area (Å²) in [5.74, 6) is 1.17. The number of benzene rings is 1. The molecule has 1 N–H and O–H groups in total. The van der Waals surface area contributed by atoms with E-state index in [-0.39, 0.29) is 0 Å². The van der Waals surface area contributed by atoms with Crippen LogP contribution in [0.25, 0.3) is 0 Å². The largest absolute Gasteiger partial charge is 0.372 e. The summed E-state index contributed by atoms with van der Waals surface area (Å²) < 4.78 is 0. The molecule has 0 amide bonds. The summed E-state index contributed by atoms with van der Waals surface area (Å²) in [5.41, 5.74) is 2.41. The van der Waals surface area contributed by atoms with Gasteiger partial charge in [-0.05, 0) is 44.5 Å². The molecule has 0 unspecified atom stereocenters. The van der Waals surface area contributed by atoms with Crippen LogP contribution in [-0.2, 0) is 0 Å². The molecule has 1 heterocycles. The van der Waals surface area contributed by atoms with E-state index in [1.165, 1.54) is 17.9 Å². The van der Waals surface area contributed by atoms with Crippen molar-refractivity contribution in [2.24, 2.45) is 4.99 Å². The number of aliphatic imine (C=N–C) groups is 1. The van der Waals surface area contributed by atoms with Crippen molar-refractivity contribution in [1.82, 2.24) is 0 Å². The molecule has 0 aromatic heterocycles. The van der Waals surface area contributed by atoms with Crippen molar-refractivity contribution in [1.29, 1.82) is 0 Å². The number of hydrogen-bond donors (Lipinski definition) is 1. The fourth-order valence-corrected chi connectivity index (χ4v) is 2.84. The zero-order valence-electron chi connectivity index (χ0n) is 11.1. The van der Waals surface area contributed by atoms with Crippen LogP contribution in [0.15, 0.2) is 29.3 Å². The second kappa shape index (κ2) is 6.69. The van der Waals surface area contributed by atoms with Gasteiger partial charge in [0.05, 0.1) is 0 Å². The first-order chi connectivity index (χ1) is 8.83. The molecule has 0 radical (unpaired) electrons. The van der Waals surface area contributed by atoms with Crippen LogP contribution in [0.5, 0.6) is 0 Å². The van der Waals surface area contributed by atoms with Gasteiger partial charge in [0.15, 0.2) is 5.17 Å². The number of amidine groups is 1. The Morgan fingerprint density at radius 1 is 1.22 bits per heavy atom. The summed E-state index contributed by atoms with van der Waals surface area (Å²) in [5, 5.41) is 4.43. The lowest BCUT2D eigenvalue weighted by molar-refractivity contribution is 0.866. The van der Waals surface area contributed by atoms with Crippen LogP contribution >= 0.6 is 11.8 Å². The van der Waals surface area contributed by atoms with E-state index < -0.39 is 0 Å². The first kappa shape index (κ1) is 13.3. The minimum Gasteiger partial charge on any atom is -0.372 e. The Labute approximate surface area is 114 Å². The molecule has 2 rings (SSSR count). The van der Waals surface area contributed by atoms with Crippen molar-refractivity contribution in [2.75, 3.05) is 35.6 Å². The summed E-state index contributed by atoms with van der Waals surface area (Å²) in [6, 6.07) is 8.60. The van der Waals surface area contributed by atoms with Gasteiger partial charge in [-0.1, -0.05) is 11.8 Å². The summed E-state index contributed by atoms with van der Waals surface area (Å²) in [6.07, 6.45) is 1.19. The molecule has 1 aliphatic heterocycles. The number of nitrogens with zero attached hydrogens (tertiary/aromatic N) is 2. The van der Waals surface area contributed by atoms with E-state index >= 15 is 0 Å². The number of hydrogen-bond acceptors (Lipinski definition) is 4. The average molecular weight is 263 g/mol. The smallest absolute Gasteiger partial charge is 0.161 e. The molecule has 0 aliphatic carbocycles. The highest BCUT2D eigenvalue weighted by molar-refractivity contribution is 8.14. The third-order valence-electron chi connectivity index (χ3n) is 3.04. The standard InChI is InChI=1S/C14H21N3S/c1-3-17(4-2)13-8-6-12(7-9-13)16-14-15-10-5-11-18-14/h6-9H,3-5,10-11H2,1-2H3,(H,15,16). The Kier molecular flexibility index (Phi) is 4.93. The number of rotatable bonds is 4. The van der Waals surface area contributed by atoms with Crippen LogP contribution < -0.4 is 10.2 Å². The molecule has 18 heavy (non-hydrogen) atoms. The van der Waals surface area contributed by atoms with E-state index in [0.29, 0.717) is 0 Å². The van der Waals surface area contributed by atoms with Crippen LogP contribution in [0.4, 0.5) is 11.4 Å². The minimum atomic E-state index is 0.951. The molecule has 1 aromatic carbocycles. The molecule has 0 spiro atoms. The van der Waals surface area contributed by atoms with Crippen molar-refractivity contribution in [2.45, 2.75) is 20.3 Å². The van der Waals surface area contributed by atoms with Gasteiger partial charge in [0.25, 0.3) is 0 Å². The lowest BCUT2D eigenvalue weighted by Crippen LogP contribution is -2.21. The van der Waals surface area contributed by atoms with Gasteiger partial charge in [0, 0.05) is 36.8 Å². The highest BCUT2D eigenvalue weighted by atomic mass is 32.2. The normalized spacial score (nSPS) is 15.1. The quantitative estimate of drug-likeness (QED) is 0.902. The monoisotopic (exact) mass is 263 g/mol. The van der Waals surface area contributed by atoms with Crippen LogP contribution in [0.3, 0.4) is 0 Å². The Morgan fingerprint density at radius 3 is 2.50 bits per heavy atom. The third-order valence-corrected chi connectivity index (χ3v) is 4.04. The Morgan fingerprint density at radius 2 is 1.94 bits per heavy atom. The van der Waals surface area contributed by atoms with Gasteiger partial charge >= 0.3 is 0 Å². The van der Waals surface area contributed by atoms with E-state index in [1.54, 1.807) is 11.8 Å². The minimum absolute atomic E-state index is 0.951. The fraction of sp³-hybridized carbons (Fsp3) is 0.500. The highest BCUT2D eigenvalue weighted by Gasteiger charge is 2.06. The average Bonchev–Trinajstić information content (AvgIpc) is 2.43. The van der Waals surface area contributed by atoms with Crippen molar-refractivity contribution >= 4 is 28.3 Å². The molecule has 0 bridgehead atoms. The lowest BCUT2D eigenvalue weighted by Gasteiger charge is -2.21. The molecule has 98 valence electrons. The third kappa shape index (κ3) is 3.42. The van der Waals surface area contributed by atoms with Gasteiger partial charge in [-0.15, -0.1) is 0 Å². The highest BCUT2D eigenvalue weighted by Crippen LogP contribution is 2.20. The molecule has 3 nitrogen and oxygen atoms in total. The molecular weight excluding hydrogens is 242 g/mol. The summed E-state index contributed by atoms with van der Waals surface area (Å²) >= 11 is 1.81. The maximum atomic E-state index is 4.47. The van der Waals surface area contributed by atoms with Crippen molar-refractivity contribution in [3.05, 3.63) is 24.3 Å². The predicted octanol–water partition coefficient (Wildman–Crippen LogP) is 3.44. The van der Waals surface area contributed by atoms with Crippen LogP contribution in [0.1, 0.15) is 20.3 Å². The van der Waals surface area contributed by atoms with Crippen molar-refractivity contribution in [3.8, 4) is 0 Å². The molecule has 4 heteroatoms. The molecular formula is C14H21N3S. The Bertz CT molecular complexity index is 396. The van der Waals surface area contributed by atoms with Gasteiger partial charge < -0.3 is 10.2 Å². The first-order valence-electron chi connectivity index (χ1n) is 6.62. The van der Waals surface area contributed by atoms with E-state index in [9.17, 15) is 0 Å². The van der Waals surface area contributed by atoms with E-state index in [4.69, 9.17) is 0 Å². The maximum absolute atomic E-state index is 4.47. The van der Waals surface area contributed by atoms with Crippen LogP contribution in [0.2, 0.25) is 0 Å². The molecule has 0 saturated heterocycles. The Hall–Kier alpha value is -1.16. The summed E-state index contributed by atoms with van der Waals surface area (Å²) in [4.78, 5) is 6.82. The molecule has 1 aliphatic rings. The van der Waals surface area contributed by atoms with Crippen LogP contribution in [-0.4, -0.2) is 30.6 Å². The van der Waals surface area contributed by atoms with Gasteiger partial charge in [-0.2, -0.15) is 0 Å². The topological polar surface area (TPSA) is 27.6 Å². The van der Waals surface area contributed by atoms with Gasteiger partial charge in [-0.25, -0.2) is 0 Å². The van der Waals surface area contributed by atoms with Gasteiger partial charge in [0.2, 0.25) is 0 Å². The van der Waals surface area contributed by atoms with E-state index in [0.717, 1.165) is 30.5 Å². The summed E-state index contributed by atoms with van der Waals surface area (Å²) in [6.45, 7) is 7.41. The second-order valence-electron chi connectivity index (χ2n) is 4.23. The zero-order chi connectivity index (χ0) is 12.8. The van der Waals surface area contributed by atoms with E-state index in [2.05, 4.69) is 53.3 Å². The molecule has 0 saturated carbocycles. The fourth-order valence-electron chi connectivity index (χ4n) is 2.00. The first-order valence-corrected chi connectivity index (χ1v) is 7.61.